The SMILES string of the molecule is CN1CCN(CCCON=C(c2ccccc2)c2cccc(NC(=O)c3ccn4c3CSC4c3cccnc3)c2)CC1. The summed E-state index contributed by atoms with van der Waals surface area (Å²) in [5.74, 6) is 0.651. The summed E-state index contributed by atoms with van der Waals surface area (Å²) in [5, 5.41) is 7.82. The Balaban J connectivity index is 1.14. The highest BCUT2D eigenvalue weighted by Gasteiger charge is 2.28. The molecule has 6 rings (SSSR count). The molecule has 1 N–H and O–H groups in total. The number of thioether (sulfide) groups is 1. The second-order valence-electron chi connectivity index (χ2n) is 10.7. The first kappa shape index (κ1) is 28.2. The fourth-order valence-electron chi connectivity index (χ4n) is 5.42. The summed E-state index contributed by atoms with van der Waals surface area (Å²) in [5.41, 5.74) is 6.15. The van der Waals surface area contributed by atoms with Crippen molar-refractivity contribution in [1.82, 2.24) is 19.4 Å². The molecule has 42 heavy (non-hydrogen) atoms. The summed E-state index contributed by atoms with van der Waals surface area (Å²) in [7, 11) is 2.17. The van der Waals surface area contributed by atoms with Gasteiger partial charge in [0.2, 0.25) is 0 Å². The number of anilines is 1. The quantitative estimate of drug-likeness (QED) is 0.155. The lowest BCUT2D eigenvalue weighted by molar-refractivity contribution is 0.102. The van der Waals surface area contributed by atoms with Gasteiger partial charge in [-0.1, -0.05) is 53.7 Å². The van der Waals surface area contributed by atoms with Crippen molar-refractivity contribution in [2.75, 3.05) is 51.7 Å². The van der Waals surface area contributed by atoms with Gasteiger partial charge in [0, 0.05) is 85.1 Å². The molecule has 4 aromatic rings. The van der Waals surface area contributed by atoms with Gasteiger partial charge in [0.05, 0.1) is 5.56 Å². The second-order valence-corrected chi connectivity index (χ2v) is 11.8. The van der Waals surface area contributed by atoms with Crippen LogP contribution in [0.25, 0.3) is 0 Å². The number of amides is 1. The number of nitrogens with zero attached hydrogens (tertiary/aromatic N) is 5. The molecule has 9 heteroatoms. The third-order valence-corrected chi connectivity index (χ3v) is 9.03. The molecule has 2 aromatic carbocycles. The minimum atomic E-state index is -0.119. The van der Waals surface area contributed by atoms with Crippen molar-refractivity contribution in [3.8, 4) is 0 Å². The number of likely N-dealkylation sites (N-methyl/N-ethyl adjacent to an activating group) is 1. The number of fused-ring (bicyclic) bond motifs is 1. The molecule has 0 bridgehead atoms. The maximum Gasteiger partial charge on any atom is 0.257 e. The number of aromatic nitrogens is 2. The van der Waals surface area contributed by atoms with Crippen LogP contribution in [0, 0.1) is 0 Å². The monoisotopic (exact) mass is 580 g/mol. The molecule has 0 aliphatic carbocycles. The van der Waals surface area contributed by atoms with Crippen molar-refractivity contribution >= 4 is 29.1 Å². The molecule has 8 nitrogen and oxygen atoms in total. The minimum Gasteiger partial charge on any atom is -0.395 e. The van der Waals surface area contributed by atoms with Crippen molar-refractivity contribution in [2.24, 2.45) is 5.16 Å². The van der Waals surface area contributed by atoms with Crippen LogP contribution in [0.15, 0.2) is 96.5 Å². The van der Waals surface area contributed by atoms with Gasteiger partial charge in [0.15, 0.2) is 0 Å². The first-order valence-corrected chi connectivity index (χ1v) is 15.5. The van der Waals surface area contributed by atoms with E-state index in [0.29, 0.717) is 17.9 Å². The van der Waals surface area contributed by atoms with E-state index in [1.165, 1.54) is 0 Å². The normalized spacial score (nSPS) is 17.6. The number of carbonyl (C=O) groups excluding carboxylic acids is 1. The smallest absolute Gasteiger partial charge is 0.257 e. The van der Waals surface area contributed by atoms with Crippen LogP contribution in [0.2, 0.25) is 0 Å². The van der Waals surface area contributed by atoms with E-state index in [4.69, 9.17) is 4.84 Å². The van der Waals surface area contributed by atoms with E-state index in [-0.39, 0.29) is 11.3 Å². The molecule has 1 saturated heterocycles. The zero-order valence-corrected chi connectivity index (χ0v) is 24.7. The van der Waals surface area contributed by atoms with Gasteiger partial charge in [-0.3, -0.25) is 9.78 Å². The van der Waals surface area contributed by atoms with Crippen LogP contribution in [-0.2, 0) is 10.6 Å². The number of benzene rings is 2. The molecular formula is C33H36N6O2S. The molecule has 1 unspecified atom stereocenters. The van der Waals surface area contributed by atoms with Crippen LogP contribution >= 0.6 is 11.8 Å². The average molecular weight is 581 g/mol. The molecule has 1 atom stereocenters. The molecule has 1 amide bonds. The Labute approximate surface area is 251 Å². The number of carbonyl (C=O) groups is 1. The number of oxime groups is 1. The maximum atomic E-state index is 13.4. The van der Waals surface area contributed by atoms with E-state index in [9.17, 15) is 4.79 Å². The molecule has 1 fully saturated rings. The number of piperazine rings is 1. The highest BCUT2D eigenvalue weighted by atomic mass is 32.2. The average Bonchev–Trinajstić information content (AvgIpc) is 3.64. The van der Waals surface area contributed by atoms with Crippen molar-refractivity contribution in [1.29, 1.82) is 0 Å². The van der Waals surface area contributed by atoms with E-state index in [2.05, 4.69) is 42.9 Å². The predicted molar refractivity (Wildman–Crippen MR) is 169 cm³/mol. The lowest BCUT2D eigenvalue weighted by Crippen LogP contribution is -2.44. The predicted octanol–water partition coefficient (Wildman–Crippen LogP) is 5.34. The summed E-state index contributed by atoms with van der Waals surface area (Å²) in [6.45, 7) is 5.99. The van der Waals surface area contributed by atoms with Crippen molar-refractivity contribution in [3.05, 3.63) is 119 Å². The van der Waals surface area contributed by atoms with Gasteiger partial charge < -0.3 is 24.5 Å². The number of hydrogen-bond donors (Lipinski definition) is 1. The Kier molecular flexibility index (Phi) is 8.98. The molecule has 0 saturated carbocycles. The van der Waals surface area contributed by atoms with Gasteiger partial charge >= 0.3 is 0 Å². The molecule has 2 aliphatic heterocycles. The van der Waals surface area contributed by atoms with Gasteiger partial charge in [0.1, 0.15) is 17.7 Å². The van der Waals surface area contributed by atoms with E-state index in [1.807, 2.05) is 79.1 Å². The first-order valence-electron chi connectivity index (χ1n) is 14.4. The Morgan fingerprint density at radius 2 is 1.86 bits per heavy atom. The largest absolute Gasteiger partial charge is 0.395 e. The second kappa shape index (κ2) is 13.4. The number of hydrogen-bond acceptors (Lipinski definition) is 7. The standard InChI is InChI=1S/C33H36N6O2S/c1-37-17-19-38(20-18-37)15-7-21-41-36-31(25-8-3-2-4-9-25)26-10-5-12-28(22-26)35-32(40)29-13-16-39-30(29)24-42-33(39)27-11-6-14-34-23-27/h2-6,8-14,16,22-23,33H,7,15,17-21,24H2,1H3,(H,35,40). The Morgan fingerprint density at radius 3 is 2.67 bits per heavy atom. The third-order valence-electron chi connectivity index (χ3n) is 7.77. The fraction of sp³-hybridized carbons (Fsp3) is 0.303. The maximum absolute atomic E-state index is 13.4. The fourth-order valence-corrected chi connectivity index (χ4v) is 6.73. The summed E-state index contributed by atoms with van der Waals surface area (Å²) in [6.07, 6.45) is 6.59. The molecule has 216 valence electrons. The molecule has 0 radical (unpaired) electrons. The van der Waals surface area contributed by atoms with Crippen LogP contribution in [0.1, 0.15) is 44.5 Å². The highest BCUT2D eigenvalue weighted by molar-refractivity contribution is 7.99. The highest BCUT2D eigenvalue weighted by Crippen LogP contribution is 2.42. The van der Waals surface area contributed by atoms with Gasteiger partial charge in [-0.15, -0.1) is 11.8 Å². The van der Waals surface area contributed by atoms with E-state index < -0.39 is 0 Å². The number of rotatable bonds is 10. The topological polar surface area (TPSA) is 75.0 Å². The zero-order chi connectivity index (χ0) is 28.7. The molecule has 2 aliphatic rings. The lowest BCUT2D eigenvalue weighted by atomic mass is 10.0. The summed E-state index contributed by atoms with van der Waals surface area (Å²) >= 11 is 1.80. The zero-order valence-electron chi connectivity index (χ0n) is 23.9. The van der Waals surface area contributed by atoms with Crippen molar-refractivity contribution in [3.63, 3.8) is 0 Å². The van der Waals surface area contributed by atoms with E-state index in [1.54, 1.807) is 18.0 Å². The van der Waals surface area contributed by atoms with Crippen LogP contribution in [0.4, 0.5) is 5.69 Å². The molecule has 0 spiro atoms. The Hall–Kier alpha value is -3.92. The minimum absolute atomic E-state index is 0.119. The van der Waals surface area contributed by atoms with Crippen molar-refractivity contribution in [2.45, 2.75) is 17.5 Å². The van der Waals surface area contributed by atoms with Gasteiger partial charge in [0.25, 0.3) is 5.91 Å². The number of pyridine rings is 1. The first-order chi connectivity index (χ1) is 20.7. The summed E-state index contributed by atoms with van der Waals surface area (Å²) < 4.78 is 2.17. The van der Waals surface area contributed by atoms with E-state index >= 15 is 0 Å². The van der Waals surface area contributed by atoms with Crippen LogP contribution in [0.5, 0.6) is 0 Å². The Bertz CT molecular complexity index is 1520. The van der Waals surface area contributed by atoms with Crippen LogP contribution < -0.4 is 5.32 Å². The Morgan fingerprint density at radius 1 is 1.02 bits per heavy atom. The molecule has 2 aromatic heterocycles. The van der Waals surface area contributed by atoms with Crippen molar-refractivity contribution < 1.29 is 9.63 Å². The van der Waals surface area contributed by atoms with Gasteiger partial charge in [-0.25, -0.2) is 0 Å². The molecular weight excluding hydrogens is 544 g/mol. The third kappa shape index (κ3) is 6.59. The lowest BCUT2D eigenvalue weighted by Gasteiger charge is -2.32. The van der Waals surface area contributed by atoms with Gasteiger partial charge in [-0.2, -0.15) is 0 Å². The van der Waals surface area contributed by atoms with E-state index in [0.717, 1.165) is 73.0 Å². The summed E-state index contributed by atoms with van der Waals surface area (Å²) in [6, 6.07) is 23.8. The number of nitrogens with one attached hydrogen (secondary N) is 1. The summed E-state index contributed by atoms with van der Waals surface area (Å²) in [4.78, 5) is 28.4. The molecule has 4 heterocycles. The van der Waals surface area contributed by atoms with Crippen LogP contribution in [0.3, 0.4) is 0 Å². The van der Waals surface area contributed by atoms with Crippen LogP contribution in [-0.4, -0.2) is 77.3 Å². The van der Waals surface area contributed by atoms with Gasteiger partial charge in [-0.05, 0) is 37.7 Å².